The molecule has 0 radical (unpaired) electrons. The Hall–Kier alpha value is -0.910. The Morgan fingerprint density at radius 3 is 3.05 bits per heavy atom. The second-order valence-electron chi connectivity index (χ2n) is 5.03. The number of hydrogen-bond acceptors (Lipinski definition) is 4. The molecule has 106 valence electrons. The molecular weight excluding hydrogens is 260 g/mol. The predicted octanol–water partition coefficient (Wildman–Crippen LogP) is 1.91. The highest BCUT2D eigenvalue weighted by molar-refractivity contribution is 7.09. The van der Waals surface area contributed by atoms with E-state index < -0.39 is 0 Å². The van der Waals surface area contributed by atoms with Crippen molar-refractivity contribution in [3.05, 3.63) is 22.4 Å². The molecular formula is C14H22N2O2S. The number of ether oxygens (including phenoxy) is 1. The Balaban J connectivity index is 1.72. The standard InChI is InChI=1S/C14H22N2O2S/c1-10(13-6-3-7-18-13)16-11(2)14(17)15-9-12-5-4-8-19-12/h4-5,8,10-11,13,16H,3,6-7,9H2,1-2H3,(H,15,17)/t10-,11+,13+/m1/s1. The molecule has 2 heterocycles. The maximum atomic E-state index is 12.0. The normalized spacial score (nSPS) is 22.1. The lowest BCUT2D eigenvalue weighted by molar-refractivity contribution is -0.123. The SMILES string of the molecule is C[C@H](N[C@H](C)[C@@H]1CCCO1)C(=O)NCc1cccs1. The fourth-order valence-corrected chi connectivity index (χ4v) is 2.96. The maximum absolute atomic E-state index is 12.0. The molecule has 0 unspecified atom stereocenters. The molecule has 1 aromatic heterocycles. The summed E-state index contributed by atoms with van der Waals surface area (Å²) in [6, 6.07) is 4.04. The van der Waals surface area contributed by atoms with Crippen LogP contribution in [0.2, 0.25) is 0 Å². The molecule has 0 aliphatic carbocycles. The van der Waals surface area contributed by atoms with E-state index in [-0.39, 0.29) is 24.1 Å². The molecule has 1 aliphatic rings. The Morgan fingerprint density at radius 2 is 2.42 bits per heavy atom. The minimum absolute atomic E-state index is 0.0400. The van der Waals surface area contributed by atoms with Gasteiger partial charge in [0.25, 0.3) is 0 Å². The third-order valence-electron chi connectivity index (χ3n) is 3.45. The van der Waals surface area contributed by atoms with E-state index in [0.29, 0.717) is 6.54 Å². The molecule has 1 aliphatic heterocycles. The Labute approximate surface area is 118 Å². The van der Waals surface area contributed by atoms with Crippen LogP contribution in [-0.2, 0) is 16.1 Å². The van der Waals surface area contributed by atoms with Crippen molar-refractivity contribution in [1.82, 2.24) is 10.6 Å². The molecule has 1 aromatic rings. The molecule has 0 saturated carbocycles. The number of carbonyl (C=O) groups excluding carboxylic acids is 1. The zero-order chi connectivity index (χ0) is 13.7. The molecule has 19 heavy (non-hydrogen) atoms. The number of rotatable bonds is 6. The first kappa shape index (κ1) is 14.5. The molecule has 1 fully saturated rings. The van der Waals surface area contributed by atoms with Crippen LogP contribution < -0.4 is 10.6 Å². The van der Waals surface area contributed by atoms with Gasteiger partial charge >= 0.3 is 0 Å². The van der Waals surface area contributed by atoms with Crippen molar-refractivity contribution in [3.63, 3.8) is 0 Å². The third-order valence-corrected chi connectivity index (χ3v) is 4.32. The predicted molar refractivity (Wildman–Crippen MR) is 77.2 cm³/mol. The van der Waals surface area contributed by atoms with Crippen LogP contribution in [-0.4, -0.2) is 30.7 Å². The van der Waals surface area contributed by atoms with E-state index in [1.807, 2.05) is 24.4 Å². The first-order chi connectivity index (χ1) is 9.16. The van der Waals surface area contributed by atoms with E-state index in [9.17, 15) is 4.79 Å². The summed E-state index contributed by atoms with van der Waals surface area (Å²) in [5.41, 5.74) is 0. The number of amides is 1. The van der Waals surface area contributed by atoms with Crippen molar-refractivity contribution in [3.8, 4) is 0 Å². The second-order valence-corrected chi connectivity index (χ2v) is 6.06. The lowest BCUT2D eigenvalue weighted by Gasteiger charge is -2.23. The van der Waals surface area contributed by atoms with E-state index >= 15 is 0 Å². The minimum Gasteiger partial charge on any atom is -0.377 e. The molecule has 5 heteroatoms. The topological polar surface area (TPSA) is 50.4 Å². The van der Waals surface area contributed by atoms with Crippen LogP contribution in [0, 0.1) is 0 Å². The van der Waals surface area contributed by atoms with Gasteiger partial charge < -0.3 is 15.4 Å². The first-order valence-electron chi connectivity index (χ1n) is 6.84. The Bertz CT molecular complexity index is 388. The molecule has 2 rings (SSSR count). The van der Waals surface area contributed by atoms with Gasteiger partial charge in [-0.05, 0) is 38.1 Å². The summed E-state index contributed by atoms with van der Waals surface area (Å²) in [5.74, 6) is 0.0400. The molecule has 0 aromatic carbocycles. The highest BCUT2D eigenvalue weighted by atomic mass is 32.1. The lowest BCUT2D eigenvalue weighted by Crippen LogP contribution is -2.49. The van der Waals surface area contributed by atoms with Crippen molar-refractivity contribution < 1.29 is 9.53 Å². The molecule has 3 atom stereocenters. The van der Waals surface area contributed by atoms with Crippen LogP contribution in [0.1, 0.15) is 31.6 Å². The molecule has 4 nitrogen and oxygen atoms in total. The minimum atomic E-state index is -0.195. The first-order valence-corrected chi connectivity index (χ1v) is 7.72. The lowest BCUT2D eigenvalue weighted by atomic mass is 10.1. The van der Waals surface area contributed by atoms with Gasteiger partial charge in [-0.2, -0.15) is 0 Å². The summed E-state index contributed by atoms with van der Waals surface area (Å²) in [6.45, 7) is 5.43. The van der Waals surface area contributed by atoms with E-state index in [2.05, 4.69) is 17.6 Å². The second kappa shape index (κ2) is 7.03. The molecule has 2 N–H and O–H groups in total. The number of carbonyl (C=O) groups is 1. The van der Waals surface area contributed by atoms with Crippen LogP contribution in [0.15, 0.2) is 17.5 Å². The summed E-state index contributed by atoms with van der Waals surface area (Å²) in [5, 5.41) is 8.28. The summed E-state index contributed by atoms with van der Waals surface area (Å²) < 4.78 is 5.62. The van der Waals surface area contributed by atoms with Gasteiger partial charge in [0.15, 0.2) is 0 Å². The number of nitrogens with one attached hydrogen (secondary N) is 2. The van der Waals surface area contributed by atoms with E-state index in [1.54, 1.807) is 11.3 Å². The highest BCUT2D eigenvalue weighted by Crippen LogP contribution is 2.15. The van der Waals surface area contributed by atoms with Crippen molar-refractivity contribution in [1.29, 1.82) is 0 Å². The van der Waals surface area contributed by atoms with Crippen molar-refractivity contribution in [2.45, 2.75) is 51.4 Å². The van der Waals surface area contributed by atoms with Crippen molar-refractivity contribution in [2.75, 3.05) is 6.61 Å². The van der Waals surface area contributed by atoms with Crippen LogP contribution in [0.25, 0.3) is 0 Å². The number of thiophene rings is 1. The van der Waals surface area contributed by atoms with E-state index in [4.69, 9.17) is 4.74 Å². The molecule has 1 amide bonds. The van der Waals surface area contributed by atoms with Crippen LogP contribution in [0.5, 0.6) is 0 Å². The van der Waals surface area contributed by atoms with Gasteiger partial charge in [-0.3, -0.25) is 4.79 Å². The van der Waals surface area contributed by atoms with Crippen LogP contribution in [0.3, 0.4) is 0 Å². The van der Waals surface area contributed by atoms with Crippen LogP contribution in [0.4, 0.5) is 0 Å². The van der Waals surface area contributed by atoms with E-state index in [0.717, 1.165) is 19.4 Å². The molecule has 1 saturated heterocycles. The fourth-order valence-electron chi connectivity index (χ4n) is 2.31. The summed E-state index contributed by atoms with van der Waals surface area (Å²) in [4.78, 5) is 13.2. The highest BCUT2D eigenvalue weighted by Gasteiger charge is 2.25. The van der Waals surface area contributed by atoms with Crippen molar-refractivity contribution in [2.24, 2.45) is 0 Å². The van der Waals surface area contributed by atoms with Gasteiger partial charge in [0, 0.05) is 17.5 Å². The van der Waals surface area contributed by atoms with Gasteiger partial charge in [-0.15, -0.1) is 11.3 Å². The maximum Gasteiger partial charge on any atom is 0.237 e. The summed E-state index contributed by atoms with van der Waals surface area (Å²) in [7, 11) is 0. The van der Waals surface area contributed by atoms with Gasteiger partial charge in [0.05, 0.1) is 18.7 Å². The van der Waals surface area contributed by atoms with Gasteiger partial charge in [0.2, 0.25) is 5.91 Å². The monoisotopic (exact) mass is 282 g/mol. The summed E-state index contributed by atoms with van der Waals surface area (Å²) >= 11 is 1.66. The quantitative estimate of drug-likeness (QED) is 0.838. The van der Waals surface area contributed by atoms with Crippen LogP contribution >= 0.6 is 11.3 Å². The average molecular weight is 282 g/mol. The zero-order valence-electron chi connectivity index (χ0n) is 11.5. The third kappa shape index (κ3) is 4.30. The largest absolute Gasteiger partial charge is 0.377 e. The van der Waals surface area contributed by atoms with Gasteiger partial charge in [-0.1, -0.05) is 6.07 Å². The average Bonchev–Trinajstić information content (AvgIpc) is 3.08. The van der Waals surface area contributed by atoms with Gasteiger partial charge in [-0.25, -0.2) is 0 Å². The molecule has 0 spiro atoms. The van der Waals surface area contributed by atoms with Crippen molar-refractivity contribution >= 4 is 17.2 Å². The fraction of sp³-hybridized carbons (Fsp3) is 0.643. The van der Waals surface area contributed by atoms with Gasteiger partial charge in [0.1, 0.15) is 0 Å². The van der Waals surface area contributed by atoms with E-state index in [1.165, 1.54) is 4.88 Å². The summed E-state index contributed by atoms with van der Waals surface area (Å²) in [6.07, 6.45) is 2.44. The zero-order valence-corrected chi connectivity index (χ0v) is 12.3. The Kier molecular flexibility index (Phi) is 5.36. The molecule has 0 bridgehead atoms. The number of hydrogen-bond donors (Lipinski definition) is 2. The smallest absolute Gasteiger partial charge is 0.237 e. The Morgan fingerprint density at radius 1 is 1.58 bits per heavy atom.